The first-order valence-corrected chi connectivity index (χ1v) is 44.1. The molecule has 0 saturated heterocycles. The molecule has 0 spiro atoms. The van der Waals surface area contributed by atoms with Crippen LogP contribution >= 0.6 is 0 Å². The number of rotatable bonds is 12. The molecular formula is C118H80B3N3O3. The number of para-hydroxylation sites is 2. The largest absolute Gasteiger partial charge is 0.459 e. The van der Waals surface area contributed by atoms with Crippen LogP contribution < -0.4 is 78.1 Å². The van der Waals surface area contributed by atoms with Crippen molar-refractivity contribution in [3.8, 4) is 135 Å². The predicted octanol–water partition coefficient (Wildman–Crippen LogP) is 25.2. The summed E-state index contributed by atoms with van der Waals surface area (Å²) in [6, 6.07) is 159. The van der Waals surface area contributed by atoms with E-state index < -0.39 is 18.8 Å². The maximum Gasteiger partial charge on any atom is 0.265 e. The molecule has 0 atom stereocenters. The summed E-state index contributed by atoms with van der Waals surface area (Å²) in [5, 5.41) is 0. The van der Waals surface area contributed by atoms with E-state index >= 15 is 0 Å². The molecule has 0 N–H and O–H groups in total. The SMILES string of the molecule is CC(C)(C)c1cc2c3c(c1)N(c1c(-c4ccccc4)cccc1-c1ccccc1)c1cc4c5c(c1B3c1ccc(-c3ccccc3)cc1N2c1c(-c2ccccc2)cccc1-c1ccccc1)Oc1cc(-c2ccccc2)ccc1B5c1c(cc2c3c1Oc1cc(-c5ccccc5)ccc1B3c1ccc(-c3ccccc3)cc1N2c1ccc(-c2ccccc2)cc1)O4. The predicted molar refractivity (Wildman–Crippen MR) is 532 cm³/mol. The van der Waals surface area contributed by atoms with Gasteiger partial charge in [-0.2, -0.15) is 0 Å². The third kappa shape index (κ3) is 12.0. The highest BCUT2D eigenvalue weighted by atomic mass is 16.5. The van der Waals surface area contributed by atoms with Gasteiger partial charge in [-0.3, -0.25) is 0 Å². The van der Waals surface area contributed by atoms with Crippen molar-refractivity contribution in [2.24, 2.45) is 0 Å². The van der Waals surface area contributed by atoms with Gasteiger partial charge in [0.2, 0.25) is 0 Å². The van der Waals surface area contributed by atoms with Gasteiger partial charge in [0, 0.05) is 85.1 Å². The molecule has 127 heavy (non-hydrogen) atoms. The standard InChI is InChI=1S/C118H80B3N3O3/c1-118(2,3)89-71-101-109-102(72-89)124(115-93(83-47-27-11-28-48-83)53-32-54-94(115)84-49-29-12-30-50-84)104-74-108-113-117(111(104)120(109)96-64-58-86(77-37-17-6-18-38-77)68-100(96)123(101)114-91(81-43-23-9-24-44-81)51-31-52-92(114)82-45-25-10-26-46-82)127-106-70-88(79-41-21-8-22-42-79)60-66-98(106)121(113)112-107(125-108)73-103-110-116(112)126-105-69-87(78-39-19-7-20-40-78)59-65-97(105)119(110)95-63-57-85(76-35-15-5-16-36-76)67-99(95)122(103)90-61-55-80(56-62-90)75-33-13-4-14-34-75/h4-74H,1-3H3. The lowest BCUT2D eigenvalue weighted by Crippen LogP contribution is -2.66. The second-order valence-corrected chi connectivity index (χ2v) is 35.2. The first kappa shape index (κ1) is 73.9. The minimum atomic E-state index is -0.534. The van der Waals surface area contributed by atoms with Crippen molar-refractivity contribution in [1.82, 2.24) is 0 Å². The number of benzene rings is 19. The third-order valence-electron chi connectivity index (χ3n) is 27.0. The van der Waals surface area contributed by atoms with E-state index in [-0.39, 0.29) is 6.71 Å². The lowest BCUT2D eigenvalue weighted by molar-refractivity contribution is 0.459. The molecule has 0 bridgehead atoms. The topological polar surface area (TPSA) is 37.4 Å². The van der Waals surface area contributed by atoms with Crippen molar-refractivity contribution in [1.29, 1.82) is 0 Å². The van der Waals surface area contributed by atoms with E-state index in [9.17, 15) is 0 Å². The normalized spacial score (nSPS) is 13.1. The van der Waals surface area contributed by atoms with Gasteiger partial charge in [0.15, 0.2) is 0 Å². The van der Waals surface area contributed by atoms with E-state index in [1.165, 1.54) is 11.0 Å². The number of nitrogens with zero attached hydrogens (tertiary/aromatic N) is 3. The Kier molecular flexibility index (Phi) is 17.1. The molecule has 0 radical (unpaired) electrons. The van der Waals surface area contributed by atoms with Crippen LogP contribution in [0.3, 0.4) is 0 Å². The zero-order chi connectivity index (χ0) is 84.1. The van der Waals surface area contributed by atoms with Gasteiger partial charge in [-0.05, 0) is 176 Å². The van der Waals surface area contributed by atoms with E-state index in [4.69, 9.17) is 14.2 Å². The van der Waals surface area contributed by atoms with Gasteiger partial charge in [0.05, 0.1) is 11.4 Å². The third-order valence-corrected chi connectivity index (χ3v) is 27.0. The summed E-state index contributed by atoms with van der Waals surface area (Å²) >= 11 is 0. The maximum absolute atomic E-state index is 8.46. The van der Waals surface area contributed by atoms with E-state index in [0.29, 0.717) is 11.5 Å². The van der Waals surface area contributed by atoms with Crippen molar-refractivity contribution < 1.29 is 14.2 Å². The van der Waals surface area contributed by atoms with E-state index in [1.807, 2.05) is 0 Å². The highest BCUT2D eigenvalue weighted by Crippen LogP contribution is 2.57. The summed E-state index contributed by atoms with van der Waals surface area (Å²) in [5.41, 5.74) is 39.4. The van der Waals surface area contributed by atoms with Crippen LogP contribution in [0.15, 0.2) is 431 Å². The average Bonchev–Trinajstić information content (AvgIpc) is 0.670. The Hall–Kier alpha value is -15.8. The Morgan fingerprint density at radius 2 is 0.480 bits per heavy atom. The van der Waals surface area contributed by atoms with Crippen LogP contribution in [0.2, 0.25) is 0 Å². The molecule has 6 nitrogen and oxygen atoms in total. The summed E-state index contributed by atoms with van der Waals surface area (Å²) in [6.45, 7) is 5.80. The Balaban J connectivity index is 0.826. The molecule has 9 heteroatoms. The van der Waals surface area contributed by atoms with Gasteiger partial charge >= 0.3 is 0 Å². The number of fused-ring (bicyclic) bond motifs is 14. The zero-order valence-electron chi connectivity index (χ0n) is 70.3. The van der Waals surface area contributed by atoms with Crippen LogP contribution in [0.25, 0.3) is 100 Å². The minimum Gasteiger partial charge on any atom is -0.459 e. The summed E-state index contributed by atoms with van der Waals surface area (Å²) in [5.74, 6) is 4.45. The molecule has 0 fully saturated rings. The molecule has 25 rings (SSSR count). The molecule has 0 saturated carbocycles. The molecule has 0 aromatic heterocycles. The van der Waals surface area contributed by atoms with E-state index in [1.54, 1.807) is 0 Å². The second kappa shape index (κ2) is 29.4. The Morgan fingerprint density at radius 1 is 0.197 bits per heavy atom. The molecule has 0 unspecified atom stereocenters. The second-order valence-electron chi connectivity index (χ2n) is 35.2. The zero-order valence-corrected chi connectivity index (χ0v) is 70.3. The highest BCUT2D eigenvalue weighted by molar-refractivity contribution is 7.05. The van der Waals surface area contributed by atoms with Crippen molar-refractivity contribution in [3.63, 3.8) is 0 Å². The molecule has 6 heterocycles. The number of ether oxygens (including phenoxy) is 3. The highest BCUT2D eigenvalue weighted by Gasteiger charge is 2.54. The van der Waals surface area contributed by atoms with Crippen LogP contribution in [0, 0.1) is 0 Å². The summed E-state index contributed by atoms with van der Waals surface area (Å²) in [6.07, 6.45) is 0. The van der Waals surface area contributed by atoms with Gasteiger partial charge in [0.1, 0.15) is 34.5 Å². The number of hydrogen-bond donors (Lipinski definition) is 0. The fourth-order valence-corrected chi connectivity index (χ4v) is 21.1. The number of anilines is 9. The molecule has 594 valence electrons. The molecule has 19 aromatic rings. The van der Waals surface area contributed by atoms with Crippen LogP contribution in [-0.4, -0.2) is 20.1 Å². The summed E-state index contributed by atoms with van der Waals surface area (Å²) < 4.78 is 25.0. The van der Waals surface area contributed by atoms with Gasteiger partial charge in [0.25, 0.3) is 20.1 Å². The molecule has 0 aliphatic carbocycles. The smallest absolute Gasteiger partial charge is 0.265 e. The first-order valence-electron chi connectivity index (χ1n) is 44.1. The molecule has 6 aliphatic heterocycles. The van der Waals surface area contributed by atoms with Gasteiger partial charge in [-0.1, -0.05) is 391 Å². The molecular weight excluding hydrogens is 1540 g/mol. The molecule has 6 aliphatic rings. The fraction of sp³-hybridized carbons (Fsp3) is 0.0339. The van der Waals surface area contributed by atoms with Crippen molar-refractivity contribution in [3.05, 3.63) is 436 Å². The molecule has 0 amide bonds. The lowest BCUT2D eigenvalue weighted by Gasteiger charge is -2.48. The monoisotopic (exact) mass is 1620 g/mol. The van der Waals surface area contributed by atoms with Gasteiger partial charge < -0.3 is 28.9 Å². The van der Waals surface area contributed by atoms with Crippen molar-refractivity contribution in [2.75, 3.05) is 14.7 Å². The quantitative estimate of drug-likeness (QED) is 0.114. The Labute approximate surface area is 741 Å². The van der Waals surface area contributed by atoms with Crippen LogP contribution in [0.5, 0.6) is 34.5 Å². The van der Waals surface area contributed by atoms with Crippen LogP contribution in [-0.2, 0) is 5.41 Å². The lowest BCUT2D eigenvalue weighted by atomic mass is 9.29. The van der Waals surface area contributed by atoms with Crippen LogP contribution in [0.4, 0.5) is 51.2 Å². The minimum absolute atomic E-state index is 0.297. The summed E-state index contributed by atoms with van der Waals surface area (Å²) in [7, 11) is 0. The van der Waals surface area contributed by atoms with E-state index in [2.05, 4.69) is 466 Å². The van der Waals surface area contributed by atoms with Gasteiger partial charge in [-0.25, -0.2) is 0 Å². The van der Waals surface area contributed by atoms with Crippen LogP contribution in [0.1, 0.15) is 26.3 Å². The Bertz CT molecular complexity index is 7520. The van der Waals surface area contributed by atoms with E-state index in [0.717, 1.165) is 218 Å². The maximum atomic E-state index is 8.46. The van der Waals surface area contributed by atoms with Gasteiger partial charge in [-0.15, -0.1) is 0 Å². The Morgan fingerprint density at radius 3 is 0.866 bits per heavy atom. The first-order chi connectivity index (χ1) is 62.7. The van der Waals surface area contributed by atoms with Crippen molar-refractivity contribution in [2.45, 2.75) is 26.2 Å². The number of hydrogen-bond acceptors (Lipinski definition) is 6. The summed E-state index contributed by atoms with van der Waals surface area (Å²) in [4.78, 5) is 7.80. The van der Waals surface area contributed by atoms with Crippen molar-refractivity contribution >= 4 is 120 Å². The fourth-order valence-electron chi connectivity index (χ4n) is 21.1. The molecule has 19 aromatic carbocycles. The average molecular weight is 1620 g/mol.